The highest BCUT2D eigenvalue weighted by molar-refractivity contribution is 5.90. The first-order chi connectivity index (χ1) is 11.9. The van der Waals surface area contributed by atoms with Crippen LogP contribution in [0.25, 0.3) is 0 Å². The van der Waals surface area contributed by atoms with Crippen molar-refractivity contribution >= 4 is 11.9 Å². The van der Waals surface area contributed by atoms with Crippen LogP contribution in [0.2, 0.25) is 0 Å². The van der Waals surface area contributed by atoms with E-state index in [1.807, 2.05) is 12.2 Å². The number of carbonyl (C=O) groups is 2. The fourth-order valence-electron chi connectivity index (χ4n) is 3.15. The summed E-state index contributed by atoms with van der Waals surface area (Å²) in [6.07, 6.45) is 6.29. The Morgan fingerprint density at radius 2 is 2.20 bits per heavy atom. The average molecular weight is 348 g/mol. The molecule has 0 amide bonds. The van der Waals surface area contributed by atoms with Gasteiger partial charge in [-0.1, -0.05) is 18.7 Å². The topological polar surface area (TPSA) is 85.4 Å². The fourth-order valence-corrected chi connectivity index (χ4v) is 3.15. The normalized spacial score (nSPS) is 36.4. The van der Waals surface area contributed by atoms with Crippen LogP contribution in [-0.2, 0) is 23.8 Å². The lowest BCUT2D eigenvalue weighted by atomic mass is 9.87. The maximum Gasteiger partial charge on any atom is 0.340 e. The van der Waals surface area contributed by atoms with Crippen molar-refractivity contribution in [2.45, 2.75) is 44.3 Å². The highest BCUT2D eigenvalue weighted by Gasteiger charge is 2.49. The fraction of sp³-hybridized carbons (Fsp3) is 0.579. The summed E-state index contributed by atoms with van der Waals surface area (Å²) in [7, 11) is 0. The number of hydrogen-bond acceptors (Lipinski definition) is 6. The van der Waals surface area contributed by atoms with E-state index < -0.39 is 5.60 Å². The number of carbonyl (C=O) groups excluding carboxylic acids is 2. The second-order valence-electron chi connectivity index (χ2n) is 7.03. The van der Waals surface area contributed by atoms with E-state index in [-0.39, 0.29) is 37.2 Å². The predicted molar refractivity (Wildman–Crippen MR) is 89.5 cm³/mol. The molecule has 1 aliphatic carbocycles. The summed E-state index contributed by atoms with van der Waals surface area (Å²) in [5.74, 6) is -0.832. The van der Waals surface area contributed by atoms with Crippen LogP contribution in [0.4, 0.5) is 0 Å². The van der Waals surface area contributed by atoms with Crippen LogP contribution in [0.5, 0.6) is 0 Å². The molecule has 0 aromatic carbocycles. The molecule has 0 aromatic heterocycles. The highest BCUT2D eigenvalue weighted by Crippen LogP contribution is 2.35. The Morgan fingerprint density at radius 3 is 2.88 bits per heavy atom. The molecular weight excluding hydrogens is 324 g/mol. The minimum Gasteiger partial charge on any atom is -0.459 e. The zero-order valence-electron chi connectivity index (χ0n) is 14.5. The van der Waals surface area contributed by atoms with Crippen molar-refractivity contribution in [3.8, 4) is 0 Å². The monoisotopic (exact) mass is 348 g/mol. The number of allylic oxidation sites excluding steroid dienone is 2. The lowest BCUT2D eigenvalue weighted by molar-refractivity contribution is -0.148. The van der Waals surface area contributed by atoms with Crippen LogP contribution in [0.15, 0.2) is 35.5 Å². The number of aliphatic hydroxyl groups excluding tert-OH is 1. The molecule has 3 atom stereocenters. The molecule has 0 aromatic rings. The lowest BCUT2D eigenvalue weighted by Crippen LogP contribution is -2.24. The lowest BCUT2D eigenvalue weighted by Gasteiger charge is -2.20. The van der Waals surface area contributed by atoms with E-state index in [0.29, 0.717) is 25.0 Å². The summed E-state index contributed by atoms with van der Waals surface area (Å²) in [6.45, 7) is 6.11. The van der Waals surface area contributed by atoms with E-state index in [4.69, 9.17) is 14.2 Å². The standard InChI is InChI=1S/C19H24O6/c1-12-15-7-6-13(10-23-18(22)19(2)11-24-19)4-3-5-14(9-20)8-16(15)25-17(12)21/h5-6,15-16,20H,1,3-4,7-11H2,2H3/b13-6-,14-5-/t15-,16+,19-/m1/s1. The van der Waals surface area contributed by atoms with Gasteiger partial charge in [0.15, 0.2) is 5.60 Å². The van der Waals surface area contributed by atoms with Gasteiger partial charge in [-0.2, -0.15) is 0 Å². The third-order valence-electron chi connectivity index (χ3n) is 5.04. The van der Waals surface area contributed by atoms with Gasteiger partial charge in [-0.3, -0.25) is 0 Å². The number of epoxide rings is 1. The van der Waals surface area contributed by atoms with Gasteiger partial charge in [0.25, 0.3) is 0 Å². The Balaban J connectivity index is 1.71. The van der Waals surface area contributed by atoms with E-state index in [9.17, 15) is 14.7 Å². The SMILES string of the molecule is C=C1C(=O)O[C@H]2C/C(CO)=C/CC/C(COC(=O)[C@@]3(C)CO3)=C/C[C@H]12. The van der Waals surface area contributed by atoms with Gasteiger partial charge in [0.1, 0.15) is 12.7 Å². The molecule has 1 N–H and O–H groups in total. The molecule has 2 fully saturated rings. The molecule has 2 heterocycles. The van der Waals surface area contributed by atoms with E-state index in [1.165, 1.54) is 0 Å². The van der Waals surface area contributed by atoms with Crippen LogP contribution in [0.1, 0.15) is 32.6 Å². The van der Waals surface area contributed by atoms with Crippen molar-refractivity contribution in [1.29, 1.82) is 0 Å². The molecule has 136 valence electrons. The molecule has 0 bridgehead atoms. The summed E-state index contributed by atoms with van der Waals surface area (Å²) in [4.78, 5) is 23.8. The average Bonchev–Trinajstić information content (AvgIpc) is 3.29. The minimum absolute atomic E-state index is 0.0586. The molecule has 0 radical (unpaired) electrons. The van der Waals surface area contributed by atoms with E-state index in [0.717, 1.165) is 24.0 Å². The van der Waals surface area contributed by atoms with Crippen molar-refractivity contribution < 1.29 is 28.9 Å². The van der Waals surface area contributed by atoms with Crippen LogP contribution in [0.3, 0.4) is 0 Å². The van der Waals surface area contributed by atoms with Gasteiger partial charge in [-0.15, -0.1) is 0 Å². The quantitative estimate of drug-likeness (QED) is 0.361. The van der Waals surface area contributed by atoms with Gasteiger partial charge in [-0.05, 0) is 37.3 Å². The van der Waals surface area contributed by atoms with Gasteiger partial charge in [0, 0.05) is 17.9 Å². The first-order valence-corrected chi connectivity index (χ1v) is 8.60. The van der Waals surface area contributed by atoms with Crippen LogP contribution in [-0.4, -0.2) is 48.6 Å². The van der Waals surface area contributed by atoms with Gasteiger partial charge < -0.3 is 19.3 Å². The number of rotatable bonds is 4. The Morgan fingerprint density at radius 1 is 1.44 bits per heavy atom. The molecule has 0 spiro atoms. The first-order valence-electron chi connectivity index (χ1n) is 8.60. The van der Waals surface area contributed by atoms with Crippen LogP contribution in [0, 0.1) is 5.92 Å². The number of fused-ring (bicyclic) bond motifs is 1. The number of aliphatic hydroxyl groups is 1. The second-order valence-corrected chi connectivity index (χ2v) is 7.03. The summed E-state index contributed by atoms with van der Waals surface area (Å²) >= 11 is 0. The molecule has 25 heavy (non-hydrogen) atoms. The smallest absolute Gasteiger partial charge is 0.340 e. The van der Waals surface area contributed by atoms with E-state index >= 15 is 0 Å². The zero-order valence-corrected chi connectivity index (χ0v) is 14.5. The highest BCUT2D eigenvalue weighted by atomic mass is 16.6. The van der Waals surface area contributed by atoms with Gasteiger partial charge in [0.2, 0.25) is 0 Å². The molecule has 0 saturated carbocycles. The molecule has 2 aliphatic heterocycles. The number of ether oxygens (including phenoxy) is 3. The molecule has 0 unspecified atom stereocenters. The molecule has 3 rings (SSSR count). The Kier molecular flexibility index (Phi) is 5.11. The third-order valence-corrected chi connectivity index (χ3v) is 5.04. The Hall–Kier alpha value is -1.92. The van der Waals surface area contributed by atoms with Gasteiger partial charge in [-0.25, -0.2) is 9.59 Å². The first kappa shape index (κ1) is 17.9. The van der Waals surface area contributed by atoms with Crippen LogP contribution >= 0.6 is 0 Å². The van der Waals surface area contributed by atoms with Crippen molar-refractivity contribution in [2.75, 3.05) is 19.8 Å². The van der Waals surface area contributed by atoms with E-state index in [2.05, 4.69) is 6.58 Å². The van der Waals surface area contributed by atoms with Crippen molar-refractivity contribution in [2.24, 2.45) is 5.92 Å². The second kappa shape index (κ2) is 7.14. The van der Waals surface area contributed by atoms with Gasteiger partial charge >= 0.3 is 11.9 Å². The van der Waals surface area contributed by atoms with Gasteiger partial charge in [0.05, 0.1) is 13.2 Å². The maximum absolute atomic E-state index is 11.9. The molecule has 6 nitrogen and oxygen atoms in total. The Labute approximate surface area is 147 Å². The summed E-state index contributed by atoms with van der Waals surface area (Å²) < 4.78 is 15.9. The number of esters is 2. The third kappa shape index (κ3) is 4.02. The van der Waals surface area contributed by atoms with Crippen LogP contribution < -0.4 is 0 Å². The minimum atomic E-state index is -0.786. The molecule has 3 aliphatic rings. The zero-order chi connectivity index (χ0) is 18.0. The molecule has 2 saturated heterocycles. The summed E-state index contributed by atoms with van der Waals surface area (Å²) in [6, 6.07) is 0. The summed E-state index contributed by atoms with van der Waals surface area (Å²) in [5.41, 5.74) is 1.52. The Bertz CT molecular complexity index is 640. The maximum atomic E-state index is 11.9. The van der Waals surface area contributed by atoms with E-state index in [1.54, 1.807) is 6.92 Å². The molecular formula is C19H24O6. The summed E-state index contributed by atoms with van der Waals surface area (Å²) in [5, 5.41) is 9.53. The predicted octanol–water partition coefficient (Wildman–Crippen LogP) is 1.84. The van der Waals surface area contributed by atoms with Crippen molar-refractivity contribution in [3.05, 3.63) is 35.5 Å². The molecule has 6 heteroatoms. The van der Waals surface area contributed by atoms with Crippen molar-refractivity contribution in [3.63, 3.8) is 0 Å². The largest absolute Gasteiger partial charge is 0.459 e. The number of hydrogen-bond donors (Lipinski definition) is 1. The van der Waals surface area contributed by atoms with Crippen molar-refractivity contribution in [1.82, 2.24) is 0 Å².